The number of likely N-dealkylation sites (N-methyl/N-ethyl adjacent to an activating group) is 1. The molecule has 0 aromatic carbocycles. The van der Waals surface area contributed by atoms with E-state index in [4.69, 9.17) is 4.98 Å². The van der Waals surface area contributed by atoms with Crippen LogP contribution in [0.25, 0.3) is 0 Å². The van der Waals surface area contributed by atoms with E-state index < -0.39 is 0 Å². The van der Waals surface area contributed by atoms with E-state index in [2.05, 4.69) is 35.9 Å². The van der Waals surface area contributed by atoms with Crippen LogP contribution in [0.1, 0.15) is 43.6 Å². The highest BCUT2D eigenvalue weighted by Gasteiger charge is 2.30. The molecular formula is C18H28N4O. The van der Waals surface area contributed by atoms with Crippen molar-refractivity contribution >= 4 is 11.6 Å². The average molecular weight is 316 g/mol. The van der Waals surface area contributed by atoms with E-state index in [0.717, 1.165) is 57.0 Å². The third kappa shape index (κ3) is 3.50. The Hall–Kier alpha value is -1.62. The van der Waals surface area contributed by atoms with Gasteiger partial charge in [0, 0.05) is 50.5 Å². The molecule has 1 atom stereocenters. The minimum absolute atomic E-state index is 0.161. The molecule has 5 nitrogen and oxygen atoms in total. The summed E-state index contributed by atoms with van der Waals surface area (Å²) in [7, 11) is 2.17. The van der Waals surface area contributed by atoms with E-state index in [1.54, 1.807) is 0 Å². The van der Waals surface area contributed by atoms with Crippen molar-refractivity contribution in [3.05, 3.63) is 23.5 Å². The third-order valence-corrected chi connectivity index (χ3v) is 5.04. The molecule has 2 fully saturated rings. The number of hydrogen-bond acceptors (Lipinski definition) is 4. The van der Waals surface area contributed by atoms with Crippen molar-refractivity contribution in [2.75, 3.05) is 44.7 Å². The fourth-order valence-corrected chi connectivity index (χ4v) is 3.67. The molecule has 1 amide bonds. The van der Waals surface area contributed by atoms with Gasteiger partial charge in [-0.3, -0.25) is 9.78 Å². The highest BCUT2D eigenvalue weighted by atomic mass is 16.2. The minimum atomic E-state index is 0.161. The number of piperazine rings is 1. The molecule has 1 unspecified atom stereocenters. The Kier molecular flexibility index (Phi) is 4.85. The van der Waals surface area contributed by atoms with E-state index in [-0.39, 0.29) is 11.9 Å². The molecule has 2 aliphatic rings. The molecule has 126 valence electrons. The Labute approximate surface area is 139 Å². The van der Waals surface area contributed by atoms with E-state index in [0.29, 0.717) is 6.42 Å². The first-order chi connectivity index (χ1) is 11.1. The number of aryl methyl sites for hydroxylation is 1. The van der Waals surface area contributed by atoms with Crippen molar-refractivity contribution in [1.82, 2.24) is 14.8 Å². The minimum Gasteiger partial charge on any atom is -0.369 e. The monoisotopic (exact) mass is 316 g/mol. The first kappa shape index (κ1) is 16.2. The van der Waals surface area contributed by atoms with Crippen LogP contribution < -0.4 is 4.90 Å². The lowest BCUT2D eigenvalue weighted by Crippen LogP contribution is -2.44. The summed E-state index contributed by atoms with van der Waals surface area (Å²) in [6.07, 6.45) is 2.69. The predicted molar refractivity (Wildman–Crippen MR) is 92.7 cm³/mol. The normalized spacial score (nSPS) is 22.7. The Morgan fingerprint density at radius 1 is 1.22 bits per heavy atom. The molecule has 1 aromatic heterocycles. The number of amides is 1. The molecule has 0 saturated carbocycles. The average Bonchev–Trinajstić information content (AvgIpc) is 3.04. The van der Waals surface area contributed by atoms with Crippen molar-refractivity contribution in [3.8, 4) is 0 Å². The lowest BCUT2D eigenvalue weighted by Gasteiger charge is -2.34. The smallest absolute Gasteiger partial charge is 0.222 e. The van der Waals surface area contributed by atoms with Crippen LogP contribution in [-0.2, 0) is 4.79 Å². The molecule has 0 aliphatic carbocycles. The second-order valence-corrected chi connectivity index (χ2v) is 6.78. The van der Waals surface area contributed by atoms with E-state index in [9.17, 15) is 4.79 Å². The summed E-state index contributed by atoms with van der Waals surface area (Å²) in [4.78, 5) is 23.8. The molecule has 2 aliphatic heterocycles. The second-order valence-electron chi connectivity index (χ2n) is 6.78. The number of rotatable bonds is 3. The number of carbonyl (C=O) groups is 1. The molecule has 0 spiro atoms. The van der Waals surface area contributed by atoms with Crippen molar-refractivity contribution in [3.63, 3.8) is 0 Å². The lowest BCUT2D eigenvalue weighted by atomic mass is 10.1. The number of nitrogens with zero attached hydrogens (tertiary/aromatic N) is 4. The van der Waals surface area contributed by atoms with Gasteiger partial charge in [0.2, 0.25) is 5.91 Å². The van der Waals surface area contributed by atoms with E-state index in [1.165, 1.54) is 5.69 Å². The summed E-state index contributed by atoms with van der Waals surface area (Å²) in [6.45, 7) is 9.18. The number of aromatic nitrogens is 1. The maximum atomic E-state index is 12.2. The van der Waals surface area contributed by atoms with Crippen molar-refractivity contribution < 1.29 is 4.79 Å². The first-order valence-corrected chi connectivity index (χ1v) is 8.80. The maximum Gasteiger partial charge on any atom is 0.222 e. The zero-order valence-corrected chi connectivity index (χ0v) is 14.6. The zero-order chi connectivity index (χ0) is 16.4. The number of carbonyl (C=O) groups excluding carboxylic acids is 1. The Bertz CT molecular complexity index is 566. The van der Waals surface area contributed by atoms with Gasteiger partial charge in [-0.25, -0.2) is 0 Å². The third-order valence-electron chi connectivity index (χ3n) is 5.04. The second kappa shape index (κ2) is 6.87. The molecule has 5 heteroatoms. The van der Waals surface area contributed by atoms with Crippen molar-refractivity contribution in [2.24, 2.45) is 0 Å². The summed E-state index contributed by atoms with van der Waals surface area (Å²) in [5.74, 6) is 0.247. The number of hydrogen-bond donors (Lipinski definition) is 0. The van der Waals surface area contributed by atoms with Crippen LogP contribution in [0.4, 0.5) is 5.69 Å². The fraction of sp³-hybridized carbons (Fsp3) is 0.667. The first-order valence-electron chi connectivity index (χ1n) is 8.80. The Morgan fingerprint density at radius 3 is 2.65 bits per heavy atom. The van der Waals surface area contributed by atoms with Gasteiger partial charge in [0.1, 0.15) is 0 Å². The molecule has 1 aromatic rings. The largest absolute Gasteiger partial charge is 0.369 e. The summed E-state index contributed by atoms with van der Waals surface area (Å²) >= 11 is 0. The summed E-state index contributed by atoms with van der Waals surface area (Å²) < 4.78 is 0. The van der Waals surface area contributed by atoms with Crippen LogP contribution in [0.5, 0.6) is 0 Å². The van der Waals surface area contributed by atoms with E-state index >= 15 is 0 Å². The SMILES string of the molecule is CCC(=O)N1CCCC1c1cc(N2CCN(C)CC2)cc(C)n1. The van der Waals surface area contributed by atoms with Gasteiger partial charge < -0.3 is 14.7 Å². The topological polar surface area (TPSA) is 39.7 Å². The van der Waals surface area contributed by atoms with Gasteiger partial charge in [0.15, 0.2) is 0 Å². The molecule has 3 heterocycles. The van der Waals surface area contributed by atoms with Crippen LogP contribution >= 0.6 is 0 Å². The molecular weight excluding hydrogens is 288 g/mol. The van der Waals surface area contributed by atoms with Crippen LogP contribution in [-0.4, -0.2) is 60.5 Å². The van der Waals surface area contributed by atoms with Gasteiger partial charge in [0.05, 0.1) is 11.7 Å². The van der Waals surface area contributed by atoms with Gasteiger partial charge in [-0.05, 0) is 38.9 Å². The number of anilines is 1. The van der Waals surface area contributed by atoms with Gasteiger partial charge in [-0.2, -0.15) is 0 Å². The number of pyridine rings is 1. The fourth-order valence-electron chi connectivity index (χ4n) is 3.67. The van der Waals surface area contributed by atoms with Gasteiger partial charge in [-0.1, -0.05) is 6.92 Å². The molecule has 2 saturated heterocycles. The van der Waals surface area contributed by atoms with Crippen molar-refractivity contribution in [1.29, 1.82) is 0 Å². The van der Waals surface area contributed by atoms with E-state index in [1.807, 2.05) is 11.8 Å². The van der Waals surface area contributed by atoms with Crippen LogP contribution in [0.3, 0.4) is 0 Å². The molecule has 0 radical (unpaired) electrons. The maximum absolute atomic E-state index is 12.2. The van der Waals surface area contributed by atoms with Gasteiger partial charge in [-0.15, -0.1) is 0 Å². The van der Waals surface area contributed by atoms with Gasteiger partial charge in [0.25, 0.3) is 0 Å². The highest BCUT2D eigenvalue weighted by molar-refractivity contribution is 5.76. The predicted octanol–water partition coefficient (Wildman–Crippen LogP) is 2.22. The highest BCUT2D eigenvalue weighted by Crippen LogP contribution is 2.33. The molecule has 0 bridgehead atoms. The Balaban J connectivity index is 1.84. The van der Waals surface area contributed by atoms with Crippen LogP contribution in [0, 0.1) is 6.92 Å². The van der Waals surface area contributed by atoms with Gasteiger partial charge >= 0.3 is 0 Å². The summed E-state index contributed by atoms with van der Waals surface area (Å²) in [5, 5.41) is 0. The zero-order valence-electron chi connectivity index (χ0n) is 14.6. The standard InChI is InChI=1S/C18H28N4O/c1-4-18(23)22-7-5-6-17(22)16-13-15(12-14(2)19-16)21-10-8-20(3)9-11-21/h12-13,17H,4-11H2,1-3H3. The number of likely N-dealkylation sites (tertiary alicyclic amines) is 1. The van der Waals surface area contributed by atoms with Crippen LogP contribution in [0.2, 0.25) is 0 Å². The lowest BCUT2D eigenvalue weighted by molar-refractivity contribution is -0.131. The quantitative estimate of drug-likeness (QED) is 0.857. The molecule has 23 heavy (non-hydrogen) atoms. The summed E-state index contributed by atoms with van der Waals surface area (Å²) in [6, 6.07) is 4.55. The Morgan fingerprint density at radius 2 is 1.96 bits per heavy atom. The molecule has 3 rings (SSSR count). The van der Waals surface area contributed by atoms with Crippen molar-refractivity contribution in [2.45, 2.75) is 39.2 Å². The summed E-state index contributed by atoms with van der Waals surface area (Å²) in [5.41, 5.74) is 3.38. The molecule has 0 N–H and O–H groups in total. The van der Waals surface area contributed by atoms with Crippen LogP contribution in [0.15, 0.2) is 12.1 Å².